The summed E-state index contributed by atoms with van der Waals surface area (Å²) < 4.78 is 79.8. The zero-order chi connectivity index (χ0) is 20.9. The molecule has 0 radical (unpaired) electrons. The number of allylic oxidation sites excluding steroid dienone is 1. The number of rotatable bonds is 8. The highest BCUT2D eigenvalue weighted by molar-refractivity contribution is 8.00. The number of ether oxygens (including phenoxy) is 2. The third-order valence-electron chi connectivity index (χ3n) is 3.66. The van der Waals surface area contributed by atoms with Crippen LogP contribution in [0, 0.1) is 5.92 Å². The van der Waals surface area contributed by atoms with Crippen LogP contribution in [0.4, 0.5) is 13.2 Å². The van der Waals surface area contributed by atoms with Crippen LogP contribution in [-0.4, -0.2) is 48.7 Å². The number of carbonyl (C=O) groups is 1. The Balaban J connectivity index is 2.22. The van der Waals surface area contributed by atoms with E-state index in [4.69, 9.17) is 9.47 Å². The van der Waals surface area contributed by atoms with Gasteiger partial charge in [-0.1, -0.05) is 11.8 Å². The van der Waals surface area contributed by atoms with Gasteiger partial charge in [-0.15, -0.1) is 4.37 Å². The lowest BCUT2D eigenvalue weighted by Gasteiger charge is -2.25. The molecule has 0 amide bonds. The number of carbonyl (C=O) groups excluding carboxylic acids is 1. The normalized spacial score (nSPS) is 18.1. The van der Waals surface area contributed by atoms with Gasteiger partial charge in [0.05, 0.1) is 12.5 Å². The minimum atomic E-state index is -5.82. The first-order valence-electron chi connectivity index (χ1n) is 7.96. The van der Waals surface area contributed by atoms with Crippen LogP contribution in [0.1, 0.15) is 26.2 Å². The first kappa shape index (κ1) is 22.7. The molecule has 0 fully saturated rings. The average Bonchev–Trinajstić information content (AvgIpc) is 3.08. The molecule has 1 aliphatic rings. The zero-order valence-electron chi connectivity index (χ0n) is 14.8. The van der Waals surface area contributed by atoms with E-state index in [0.29, 0.717) is 4.34 Å². The molecule has 2 rings (SSSR count). The van der Waals surface area contributed by atoms with Crippen molar-refractivity contribution >= 4 is 39.4 Å². The summed E-state index contributed by atoms with van der Waals surface area (Å²) in [5.74, 6) is -1.54. The molecular weight excluding hydrogens is 445 g/mol. The van der Waals surface area contributed by atoms with E-state index in [1.165, 1.54) is 11.8 Å². The fourth-order valence-corrected chi connectivity index (χ4v) is 3.88. The number of hydrogen-bond acceptors (Lipinski definition) is 10. The van der Waals surface area contributed by atoms with Gasteiger partial charge in [-0.2, -0.15) is 26.6 Å². The lowest BCUT2D eigenvalue weighted by atomic mass is 9.88. The quantitative estimate of drug-likeness (QED) is 0.249. The molecule has 1 unspecified atom stereocenters. The molecule has 0 N–H and O–H groups in total. The van der Waals surface area contributed by atoms with E-state index in [1.54, 1.807) is 13.2 Å². The second kappa shape index (κ2) is 9.31. The van der Waals surface area contributed by atoms with Crippen LogP contribution in [0.25, 0.3) is 0 Å². The second-order valence-electron chi connectivity index (χ2n) is 5.54. The predicted octanol–water partition coefficient (Wildman–Crippen LogP) is 3.12. The molecule has 0 aliphatic heterocycles. The predicted molar refractivity (Wildman–Crippen MR) is 94.2 cm³/mol. The Morgan fingerprint density at radius 1 is 1.39 bits per heavy atom. The second-order valence-corrected chi connectivity index (χ2v) is 8.88. The molecule has 28 heavy (non-hydrogen) atoms. The fourth-order valence-electron chi connectivity index (χ4n) is 2.37. The summed E-state index contributed by atoms with van der Waals surface area (Å²) in [5, 5.41) is 0. The molecular formula is C14H17F3N2O6S3. The number of nitrogens with zero attached hydrogens (tertiary/aromatic N) is 2. The molecule has 0 spiro atoms. The first-order chi connectivity index (χ1) is 13.1. The van der Waals surface area contributed by atoms with Crippen LogP contribution in [0.15, 0.2) is 15.7 Å². The van der Waals surface area contributed by atoms with Crippen molar-refractivity contribution in [3.8, 4) is 6.01 Å². The van der Waals surface area contributed by atoms with Gasteiger partial charge in [0, 0.05) is 12.0 Å². The lowest BCUT2D eigenvalue weighted by Crippen LogP contribution is -2.29. The average molecular weight is 462 g/mol. The van der Waals surface area contributed by atoms with Crippen molar-refractivity contribution in [2.45, 2.75) is 36.0 Å². The van der Waals surface area contributed by atoms with E-state index < -0.39 is 33.3 Å². The van der Waals surface area contributed by atoms with Gasteiger partial charge in [-0.25, -0.2) is 0 Å². The molecule has 158 valence electrons. The Kier molecular flexibility index (Phi) is 7.56. The Labute approximate surface area is 167 Å². The van der Waals surface area contributed by atoms with Crippen LogP contribution < -0.4 is 4.74 Å². The number of thioether (sulfide) groups is 1. The van der Waals surface area contributed by atoms with Gasteiger partial charge < -0.3 is 13.7 Å². The van der Waals surface area contributed by atoms with Crippen molar-refractivity contribution < 1.29 is 40.0 Å². The largest absolute Gasteiger partial charge is 0.534 e. The van der Waals surface area contributed by atoms with Gasteiger partial charge in [0.15, 0.2) is 4.34 Å². The number of aromatic nitrogens is 2. The molecule has 14 heteroatoms. The highest BCUT2D eigenvalue weighted by atomic mass is 32.2. The van der Waals surface area contributed by atoms with E-state index in [0.717, 1.165) is 11.5 Å². The lowest BCUT2D eigenvalue weighted by molar-refractivity contribution is -0.148. The van der Waals surface area contributed by atoms with Gasteiger partial charge in [-0.05, 0) is 37.6 Å². The Morgan fingerprint density at radius 3 is 2.68 bits per heavy atom. The molecule has 0 aromatic carbocycles. The van der Waals surface area contributed by atoms with Crippen LogP contribution in [0.2, 0.25) is 0 Å². The molecule has 8 nitrogen and oxygen atoms in total. The smallest absolute Gasteiger partial charge is 0.466 e. The van der Waals surface area contributed by atoms with Gasteiger partial charge in [-0.3, -0.25) is 4.79 Å². The number of halogens is 3. The molecule has 0 saturated heterocycles. The number of hydrogen-bond donors (Lipinski definition) is 0. The fraction of sp³-hybridized carbons (Fsp3) is 0.643. The van der Waals surface area contributed by atoms with Crippen molar-refractivity contribution in [3.05, 3.63) is 11.3 Å². The Hall–Kier alpha value is -1.54. The molecule has 1 atom stereocenters. The Bertz CT molecular complexity index is 838. The topological polar surface area (TPSA) is 105 Å². The molecule has 0 bridgehead atoms. The van der Waals surface area contributed by atoms with Crippen molar-refractivity contribution in [2.24, 2.45) is 5.92 Å². The monoisotopic (exact) mass is 462 g/mol. The molecule has 1 heterocycles. The maximum Gasteiger partial charge on any atom is 0.534 e. The van der Waals surface area contributed by atoms with Crippen LogP contribution >= 0.6 is 23.3 Å². The third kappa shape index (κ3) is 5.73. The van der Waals surface area contributed by atoms with Gasteiger partial charge >= 0.3 is 27.6 Å². The maximum atomic E-state index is 12.7. The van der Waals surface area contributed by atoms with Crippen LogP contribution in [0.5, 0.6) is 6.01 Å². The summed E-state index contributed by atoms with van der Waals surface area (Å²) in [7, 11) is -5.82. The van der Waals surface area contributed by atoms with Crippen LogP contribution in [0.3, 0.4) is 0 Å². The summed E-state index contributed by atoms with van der Waals surface area (Å²) in [4.78, 5) is 16.0. The molecule has 0 saturated carbocycles. The standard InChI is InChI=1S/C14H17F3N2O6S3/c1-3-23-11(20)8-4-5-10(25-28(21,22)14(15,16)17)9(6-8)7-24-12-18-13(26-2)27-19-12/h8H,3-7H2,1-2H3. The van der Waals surface area contributed by atoms with E-state index in [-0.39, 0.29) is 44.1 Å². The highest BCUT2D eigenvalue weighted by Crippen LogP contribution is 2.35. The number of esters is 1. The van der Waals surface area contributed by atoms with Crippen molar-refractivity contribution in [1.29, 1.82) is 0 Å². The van der Waals surface area contributed by atoms with Crippen molar-refractivity contribution in [2.75, 3.05) is 19.5 Å². The SMILES string of the molecule is CCOC(=O)C1CCC(OS(=O)(=O)C(F)(F)F)=C(COc2nsc(SC)n2)C1. The molecule has 1 aliphatic carbocycles. The minimum absolute atomic E-state index is 0.00173. The maximum absolute atomic E-state index is 12.7. The first-order valence-corrected chi connectivity index (χ1v) is 11.4. The Morgan fingerprint density at radius 2 is 2.11 bits per heavy atom. The van der Waals surface area contributed by atoms with Crippen molar-refractivity contribution in [1.82, 2.24) is 9.36 Å². The van der Waals surface area contributed by atoms with E-state index in [2.05, 4.69) is 13.5 Å². The third-order valence-corrected chi connectivity index (χ3v) is 6.31. The van der Waals surface area contributed by atoms with Crippen molar-refractivity contribution in [3.63, 3.8) is 0 Å². The summed E-state index contributed by atoms with van der Waals surface area (Å²) >= 11 is 2.41. The van der Waals surface area contributed by atoms with Crippen LogP contribution in [-0.2, 0) is 23.8 Å². The highest BCUT2D eigenvalue weighted by Gasteiger charge is 2.49. The molecule has 1 aromatic rings. The van der Waals surface area contributed by atoms with E-state index in [1.807, 2.05) is 0 Å². The zero-order valence-corrected chi connectivity index (χ0v) is 17.3. The van der Waals surface area contributed by atoms with E-state index >= 15 is 0 Å². The minimum Gasteiger partial charge on any atom is -0.466 e. The van der Waals surface area contributed by atoms with E-state index in [9.17, 15) is 26.4 Å². The summed E-state index contributed by atoms with van der Waals surface area (Å²) in [6, 6.07) is -0.00173. The van der Waals surface area contributed by atoms with Gasteiger partial charge in [0.2, 0.25) is 0 Å². The van der Waals surface area contributed by atoms with Gasteiger partial charge in [0.1, 0.15) is 12.4 Å². The summed E-state index contributed by atoms with van der Waals surface area (Å²) in [6.07, 6.45) is 1.64. The van der Waals surface area contributed by atoms with Gasteiger partial charge in [0.25, 0.3) is 0 Å². The number of alkyl halides is 3. The summed E-state index contributed by atoms with van der Waals surface area (Å²) in [5.41, 5.74) is -5.45. The molecule has 1 aromatic heterocycles. The summed E-state index contributed by atoms with van der Waals surface area (Å²) in [6.45, 7) is 1.46.